The predicted octanol–water partition coefficient (Wildman–Crippen LogP) is 3.37. The highest BCUT2D eigenvalue weighted by atomic mass is 35.5. The molecule has 0 saturated carbocycles. The van der Waals surface area contributed by atoms with E-state index in [-0.39, 0.29) is 18.5 Å². The van der Waals surface area contributed by atoms with Crippen LogP contribution in [0.3, 0.4) is 0 Å². The first-order valence-electron chi connectivity index (χ1n) is 6.70. The van der Waals surface area contributed by atoms with E-state index in [1.165, 1.54) is 0 Å². The van der Waals surface area contributed by atoms with E-state index in [9.17, 15) is 0 Å². The molecule has 0 aliphatic carbocycles. The molecule has 1 unspecified atom stereocenters. The van der Waals surface area contributed by atoms with Crippen molar-refractivity contribution in [2.24, 2.45) is 0 Å². The van der Waals surface area contributed by atoms with E-state index in [2.05, 4.69) is 9.97 Å². The number of rotatable bonds is 2. The number of ether oxygens (including phenoxy) is 2. The molecule has 0 spiro atoms. The van der Waals surface area contributed by atoms with Crippen LogP contribution in [0.15, 0.2) is 48.5 Å². The maximum atomic E-state index is 5.95. The lowest BCUT2D eigenvalue weighted by Crippen LogP contribution is -2.31. The first kappa shape index (κ1) is 13.8. The summed E-state index contributed by atoms with van der Waals surface area (Å²) in [6.07, 6.45) is 0.702. The number of H-pyrrole nitrogens is 1. The number of halogens is 1. The van der Waals surface area contributed by atoms with E-state index in [4.69, 9.17) is 9.47 Å². The number of hydrogen-bond donors (Lipinski definition) is 1. The normalized spacial score (nSPS) is 16.5. The van der Waals surface area contributed by atoms with Gasteiger partial charge in [-0.05, 0) is 24.3 Å². The molecule has 0 amide bonds. The molecule has 1 aliphatic rings. The van der Waals surface area contributed by atoms with Crippen molar-refractivity contribution in [3.05, 3.63) is 54.4 Å². The van der Waals surface area contributed by atoms with E-state index in [0.717, 1.165) is 28.4 Å². The number of aromatic amines is 1. The molecule has 3 aromatic rings. The van der Waals surface area contributed by atoms with Gasteiger partial charge in [0.25, 0.3) is 0 Å². The van der Waals surface area contributed by atoms with E-state index < -0.39 is 0 Å². The smallest absolute Gasteiger partial charge is 0.161 e. The monoisotopic (exact) mass is 302 g/mol. The Bertz CT molecular complexity index is 724. The lowest BCUT2D eigenvalue weighted by atomic mass is 10.2. The van der Waals surface area contributed by atoms with Crippen molar-refractivity contribution in [2.45, 2.75) is 12.5 Å². The van der Waals surface area contributed by atoms with Crippen molar-refractivity contribution in [1.29, 1.82) is 0 Å². The van der Waals surface area contributed by atoms with Crippen LogP contribution in [0.25, 0.3) is 11.0 Å². The molecule has 1 atom stereocenters. The van der Waals surface area contributed by atoms with Gasteiger partial charge in [0.05, 0.1) is 11.0 Å². The van der Waals surface area contributed by atoms with Gasteiger partial charge in [-0.15, -0.1) is 12.4 Å². The fourth-order valence-corrected chi connectivity index (χ4v) is 2.48. The molecule has 21 heavy (non-hydrogen) atoms. The Balaban J connectivity index is 0.00000132. The highest BCUT2D eigenvalue weighted by molar-refractivity contribution is 5.85. The summed E-state index contributed by atoms with van der Waals surface area (Å²) in [5, 5.41) is 0. The number of hydrogen-bond acceptors (Lipinski definition) is 3. The third kappa shape index (κ3) is 2.67. The number of nitrogens with zero attached hydrogens (tertiary/aromatic N) is 1. The molecular weight excluding hydrogens is 288 g/mol. The zero-order valence-corrected chi connectivity index (χ0v) is 12.1. The second kappa shape index (κ2) is 5.66. The number of imidazole rings is 1. The van der Waals surface area contributed by atoms with Crippen molar-refractivity contribution in [3.8, 4) is 11.5 Å². The Kier molecular flexibility index (Phi) is 3.71. The van der Waals surface area contributed by atoms with Crippen molar-refractivity contribution >= 4 is 23.4 Å². The maximum Gasteiger partial charge on any atom is 0.161 e. The van der Waals surface area contributed by atoms with Gasteiger partial charge in [0.2, 0.25) is 0 Å². The molecule has 2 heterocycles. The van der Waals surface area contributed by atoms with Gasteiger partial charge >= 0.3 is 0 Å². The minimum absolute atomic E-state index is 0. The first-order valence-corrected chi connectivity index (χ1v) is 6.70. The fourth-order valence-electron chi connectivity index (χ4n) is 2.48. The zero-order valence-electron chi connectivity index (χ0n) is 11.3. The number of nitrogens with one attached hydrogen (secondary N) is 1. The molecule has 1 aliphatic heterocycles. The van der Waals surface area contributed by atoms with E-state index in [0.29, 0.717) is 13.0 Å². The quantitative estimate of drug-likeness (QED) is 0.789. The molecule has 4 rings (SSSR count). The Labute approximate surface area is 128 Å². The summed E-state index contributed by atoms with van der Waals surface area (Å²) >= 11 is 0. The summed E-state index contributed by atoms with van der Waals surface area (Å²) in [6.45, 7) is 0.550. The van der Waals surface area contributed by atoms with Crippen LogP contribution in [0.2, 0.25) is 0 Å². The summed E-state index contributed by atoms with van der Waals surface area (Å²) in [5.74, 6) is 2.55. The second-order valence-corrected chi connectivity index (χ2v) is 4.90. The fraction of sp³-hybridized carbons (Fsp3) is 0.188. The minimum Gasteiger partial charge on any atom is -0.486 e. The molecule has 1 N–H and O–H groups in total. The third-order valence-electron chi connectivity index (χ3n) is 3.43. The summed E-state index contributed by atoms with van der Waals surface area (Å²) < 4.78 is 11.7. The predicted molar refractivity (Wildman–Crippen MR) is 83.4 cm³/mol. The molecule has 0 saturated heterocycles. The molecule has 0 radical (unpaired) electrons. The van der Waals surface area contributed by atoms with Crippen LogP contribution in [0.1, 0.15) is 5.82 Å². The van der Waals surface area contributed by atoms with Crippen LogP contribution in [0.5, 0.6) is 11.5 Å². The summed E-state index contributed by atoms with van der Waals surface area (Å²) in [5.41, 5.74) is 2.04. The standard InChI is InChI=1S/C16H14N2O2.ClH/c1-2-6-13-12(5-1)17-16(18-13)9-11-10-19-14-7-3-4-8-15(14)20-11;/h1-8,11H,9-10H2,(H,17,18);1H. The second-order valence-electron chi connectivity index (χ2n) is 4.90. The zero-order chi connectivity index (χ0) is 13.4. The Morgan fingerprint density at radius 3 is 2.67 bits per heavy atom. The Hall–Kier alpha value is -2.20. The van der Waals surface area contributed by atoms with Gasteiger partial charge in [-0.1, -0.05) is 24.3 Å². The molecular formula is C16H15ClN2O2. The lowest BCUT2D eigenvalue weighted by molar-refractivity contribution is 0.0900. The highest BCUT2D eigenvalue weighted by Gasteiger charge is 2.22. The molecule has 0 fully saturated rings. The number of fused-ring (bicyclic) bond motifs is 2. The highest BCUT2D eigenvalue weighted by Crippen LogP contribution is 2.31. The van der Waals surface area contributed by atoms with E-state index in [1.807, 2.05) is 48.5 Å². The minimum atomic E-state index is -0.00883. The maximum absolute atomic E-state index is 5.95. The van der Waals surface area contributed by atoms with Crippen LogP contribution in [0.4, 0.5) is 0 Å². The van der Waals surface area contributed by atoms with Crippen molar-refractivity contribution in [3.63, 3.8) is 0 Å². The van der Waals surface area contributed by atoms with Gasteiger partial charge in [-0.3, -0.25) is 0 Å². The van der Waals surface area contributed by atoms with Crippen molar-refractivity contribution < 1.29 is 9.47 Å². The average molecular weight is 303 g/mol. The van der Waals surface area contributed by atoms with Crippen LogP contribution in [-0.2, 0) is 6.42 Å². The van der Waals surface area contributed by atoms with Crippen LogP contribution in [0, 0.1) is 0 Å². The molecule has 0 bridgehead atoms. The van der Waals surface area contributed by atoms with Crippen LogP contribution < -0.4 is 9.47 Å². The summed E-state index contributed by atoms with van der Waals surface area (Å²) in [6, 6.07) is 15.8. The first-order chi connectivity index (χ1) is 9.88. The Morgan fingerprint density at radius 1 is 1.05 bits per heavy atom. The van der Waals surface area contributed by atoms with E-state index in [1.54, 1.807) is 0 Å². The van der Waals surface area contributed by atoms with Gasteiger partial charge in [0.15, 0.2) is 11.5 Å². The summed E-state index contributed by atoms with van der Waals surface area (Å²) in [7, 11) is 0. The van der Waals surface area contributed by atoms with Gasteiger partial charge in [-0.2, -0.15) is 0 Å². The number of aromatic nitrogens is 2. The topological polar surface area (TPSA) is 47.1 Å². The molecule has 1 aromatic heterocycles. The van der Waals surface area contributed by atoms with Gasteiger partial charge in [0.1, 0.15) is 18.5 Å². The van der Waals surface area contributed by atoms with Gasteiger partial charge in [-0.25, -0.2) is 4.98 Å². The molecule has 4 nitrogen and oxygen atoms in total. The average Bonchev–Trinajstić information content (AvgIpc) is 2.89. The molecule has 2 aromatic carbocycles. The van der Waals surface area contributed by atoms with Gasteiger partial charge < -0.3 is 14.5 Å². The van der Waals surface area contributed by atoms with Crippen molar-refractivity contribution in [2.75, 3.05) is 6.61 Å². The van der Waals surface area contributed by atoms with E-state index >= 15 is 0 Å². The Morgan fingerprint density at radius 2 is 1.81 bits per heavy atom. The van der Waals surface area contributed by atoms with Crippen molar-refractivity contribution in [1.82, 2.24) is 9.97 Å². The SMILES string of the molecule is Cl.c1ccc2c(c1)OCC(Cc1nc3ccccc3[nH]1)O2. The van der Waals surface area contributed by atoms with Crippen LogP contribution in [-0.4, -0.2) is 22.7 Å². The van der Waals surface area contributed by atoms with Crippen LogP contribution >= 0.6 is 12.4 Å². The molecule has 108 valence electrons. The third-order valence-corrected chi connectivity index (χ3v) is 3.43. The van der Waals surface area contributed by atoms with Gasteiger partial charge in [0, 0.05) is 6.42 Å². The number of benzene rings is 2. The largest absolute Gasteiger partial charge is 0.486 e. The lowest BCUT2D eigenvalue weighted by Gasteiger charge is -2.25. The molecule has 5 heteroatoms. The number of para-hydroxylation sites is 4. The summed E-state index contributed by atoms with van der Waals surface area (Å²) in [4.78, 5) is 7.89.